The van der Waals surface area contributed by atoms with Gasteiger partial charge in [-0.3, -0.25) is 4.79 Å². The number of nitrogens with one attached hydrogen (secondary N) is 1. The summed E-state index contributed by atoms with van der Waals surface area (Å²) in [5.74, 6) is 0.402. The van der Waals surface area contributed by atoms with E-state index in [0.29, 0.717) is 12.3 Å². The molecular weight excluding hydrogens is 262 g/mol. The molecule has 1 amide bonds. The van der Waals surface area contributed by atoms with Crippen molar-refractivity contribution >= 4 is 21.8 Å². The first kappa shape index (κ1) is 11.8. The van der Waals surface area contributed by atoms with Crippen LogP contribution in [0.3, 0.4) is 0 Å². The van der Waals surface area contributed by atoms with E-state index in [1.165, 1.54) is 7.11 Å². The van der Waals surface area contributed by atoms with Gasteiger partial charge in [-0.25, -0.2) is 0 Å². The number of carbonyl (C=O) groups is 1. The maximum absolute atomic E-state index is 10.9. The SMILES string of the molecule is COc1ccc(CNC(=O)CBr)cc1O. The topological polar surface area (TPSA) is 58.6 Å². The van der Waals surface area contributed by atoms with Crippen molar-refractivity contribution in [1.82, 2.24) is 5.32 Å². The standard InChI is InChI=1S/C10H12BrNO3/c1-15-9-3-2-7(4-8(9)13)6-12-10(14)5-11/h2-4,13H,5-6H2,1H3,(H,12,14). The van der Waals surface area contributed by atoms with Crippen LogP contribution in [-0.2, 0) is 11.3 Å². The summed E-state index contributed by atoms with van der Waals surface area (Å²) < 4.78 is 4.90. The predicted molar refractivity (Wildman–Crippen MR) is 60.3 cm³/mol. The third kappa shape index (κ3) is 3.43. The van der Waals surface area contributed by atoms with Crippen molar-refractivity contribution < 1.29 is 14.6 Å². The maximum Gasteiger partial charge on any atom is 0.230 e. The number of phenolic OH excluding ortho intramolecular Hbond substituents is 1. The Hall–Kier alpha value is -1.23. The Balaban J connectivity index is 2.63. The molecule has 0 unspecified atom stereocenters. The summed E-state index contributed by atoms with van der Waals surface area (Å²) in [6.07, 6.45) is 0. The van der Waals surface area contributed by atoms with Gasteiger partial charge in [0.25, 0.3) is 0 Å². The summed E-state index contributed by atoms with van der Waals surface area (Å²) >= 11 is 3.04. The van der Waals surface area contributed by atoms with Gasteiger partial charge < -0.3 is 15.2 Å². The fourth-order valence-corrected chi connectivity index (χ4v) is 1.29. The van der Waals surface area contributed by atoms with Gasteiger partial charge in [-0.2, -0.15) is 0 Å². The van der Waals surface area contributed by atoms with Gasteiger partial charge in [0.1, 0.15) is 0 Å². The summed E-state index contributed by atoms with van der Waals surface area (Å²) in [5, 5.41) is 12.4. The number of benzene rings is 1. The van der Waals surface area contributed by atoms with Crippen molar-refractivity contribution in [2.24, 2.45) is 0 Å². The third-order valence-electron chi connectivity index (χ3n) is 1.85. The quantitative estimate of drug-likeness (QED) is 0.816. The number of hydrogen-bond donors (Lipinski definition) is 2. The second kappa shape index (κ2) is 5.60. The van der Waals surface area contributed by atoms with Gasteiger partial charge in [-0.15, -0.1) is 0 Å². The summed E-state index contributed by atoms with van der Waals surface area (Å²) in [4.78, 5) is 10.9. The number of carbonyl (C=O) groups excluding carboxylic acids is 1. The highest BCUT2D eigenvalue weighted by Crippen LogP contribution is 2.25. The molecule has 0 aliphatic rings. The Morgan fingerprint density at radius 3 is 2.87 bits per heavy atom. The van der Waals surface area contributed by atoms with E-state index in [1.807, 2.05) is 0 Å². The maximum atomic E-state index is 10.9. The van der Waals surface area contributed by atoms with Gasteiger partial charge in [0, 0.05) is 6.54 Å². The Labute approximate surface area is 96.4 Å². The average Bonchev–Trinajstić information content (AvgIpc) is 2.26. The number of amides is 1. The van der Waals surface area contributed by atoms with Crippen molar-refractivity contribution in [3.63, 3.8) is 0 Å². The average molecular weight is 274 g/mol. The van der Waals surface area contributed by atoms with Crippen LogP contribution in [0.4, 0.5) is 0 Å². The van der Waals surface area contributed by atoms with Crippen LogP contribution in [0, 0.1) is 0 Å². The Morgan fingerprint density at radius 1 is 1.60 bits per heavy atom. The fraction of sp³-hybridized carbons (Fsp3) is 0.300. The van der Waals surface area contributed by atoms with Crippen LogP contribution in [0.15, 0.2) is 18.2 Å². The molecule has 15 heavy (non-hydrogen) atoms. The van der Waals surface area contributed by atoms with E-state index < -0.39 is 0 Å². The van der Waals surface area contributed by atoms with E-state index in [0.717, 1.165) is 5.56 Å². The molecule has 0 atom stereocenters. The summed E-state index contributed by atoms with van der Waals surface area (Å²) in [5.41, 5.74) is 0.822. The van der Waals surface area contributed by atoms with E-state index in [4.69, 9.17) is 4.74 Å². The van der Waals surface area contributed by atoms with Crippen LogP contribution < -0.4 is 10.1 Å². The van der Waals surface area contributed by atoms with Crippen molar-refractivity contribution in [3.8, 4) is 11.5 Å². The van der Waals surface area contributed by atoms with E-state index in [1.54, 1.807) is 18.2 Å². The second-order valence-corrected chi connectivity index (χ2v) is 3.48. The van der Waals surface area contributed by atoms with Gasteiger partial charge in [-0.05, 0) is 17.7 Å². The van der Waals surface area contributed by atoms with Crippen LogP contribution in [-0.4, -0.2) is 23.5 Å². The lowest BCUT2D eigenvalue weighted by molar-refractivity contribution is -0.118. The molecule has 0 aliphatic carbocycles. The lowest BCUT2D eigenvalue weighted by Gasteiger charge is -2.06. The molecule has 0 heterocycles. The molecule has 0 radical (unpaired) electrons. The Kier molecular flexibility index (Phi) is 4.42. The fourth-order valence-electron chi connectivity index (χ4n) is 1.09. The zero-order valence-electron chi connectivity index (χ0n) is 8.29. The number of methoxy groups -OCH3 is 1. The molecule has 0 aliphatic heterocycles. The minimum Gasteiger partial charge on any atom is -0.504 e. The number of phenols is 1. The number of alkyl halides is 1. The zero-order chi connectivity index (χ0) is 11.3. The number of hydrogen-bond acceptors (Lipinski definition) is 3. The van der Waals surface area contributed by atoms with Gasteiger partial charge in [0.05, 0.1) is 12.4 Å². The van der Waals surface area contributed by atoms with Crippen LogP contribution in [0.2, 0.25) is 0 Å². The summed E-state index contributed by atoms with van der Waals surface area (Å²) in [7, 11) is 1.49. The molecule has 2 N–H and O–H groups in total. The highest BCUT2D eigenvalue weighted by Gasteiger charge is 2.03. The third-order valence-corrected chi connectivity index (χ3v) is 2.36. The normalized spacial score (nSPS) is 9.73. The molecule has 0 bridgehead atoms. The number of rotatable bonds is 4. The predicted octanol–water partition coefficient (Wildman–Crippen LogP) is 1.41. The zero-order valence-corrected chi connectivity index (χ0v) is 9.87. The lowest BCUT2D eigenvalue weighted by Crippen LogP contribution is -2.23. The molecule has 1 aromatic carbocycles. The molecule has 82 valence electrons. The van der Waals surface area contributed by atoms with E-state index in [9.17, 15) is 9.90 Å². The van der Waals surface area contributed by atoms with Gasteiger partial charge in [0.2, 0.25) is 5.91 Å². The highest BCUT2D eigenvalue weighted by molar-refractivity contribution is 9.09. The van der Waals surface area contributed by atoms with Crippen molar-refractivity contribution in [1.29, 1.82) is 0 Å². The van der Waals surface area contributed by atoms with Crippen molar-refractivity contribution in [3.05, 3.63) is 23.8 Å². The number of ether oxygens (including phenoxy) is 1. The van der Waals surface area contributed by atoms with Gasteiger partial charge in [0.15, 0.2) is 11.5 Å². The largest absolute Gasteiger partial charge is 0.504 e. The first-order valence-corrected chi connectivity index (χ1v) is 5.48. The van der Waals surface area contributed by atoms with Crippen LogP contribution in [0.25, 0.3) is 0 Å². The van der Waals surface area contributed by atoms with Crippen LogP contribution >= 0.6 is 15.9 Å². The van der Waals surface area contributed by atoms with Crippen molar-refractivity contribution in [2.45, 2.75) is 6.54 Å². The smallest absolute Gasteiger partial charge is 0.230 e. The monoisotopic (exact) mass is 273 g/mol. The molecule has 4 nitrogen and oxygen atoms in total. The molecule has 0 aromatic heterocycles. The molecule has 0 saturated heterocycles. The highest BCUT2D eigenvalue weighted by atomic mass is 79.9. The number of aromatic hydroxyl groups is 1. The molecule has 1 aromatic rings. The first-order valence-electron chi connectivity index (χ1n) is 4.36. The minimum absolute atomic E-state index is 0.0723. The van der Waals surface area contributed by atoms with E-state index in [-0.39, 0.29) is 17.0 Å². The lowest BCUT2D eigenvalue weighted by atomic mass is 10.2. The van der Waals surface area contributed by atoms with Crippen molar-refractivity contribution in [2.75, 3.05) is 12.4 Å². The molecular formula is C10H12BrNO3. The van der Waals surface area contributed by atoms with Crippen LogP contribution in [0.1, 0.15) is 5.56 Å². The van der Waals surface area contributed by atoms with Gasteiger partial charge in [-0.1, -0.05) is 22.0 Å². The van der Waals surface area contributed by atoms with E-state index in [2.05, 4.69) is 21.2 Å². The van der Waals surface area contributed by atoms with E-state index >= 15 is 0 Å². The summed E-state index contributed by atoms with van der Waals surface area (Å²) in [6.45, 7) is 0.391. The Bertz CT molecular complexity index is 355. The second-order valence-electron chi connectivity index (χ2n) is 2.92. The van der Waals surface area contributed by atoms with Gasteiger partial charge >= 0.3 is 0 Å². The molecule has 5 heteroatoms. The van der Waals surface area contributed by atoms with Crippen LogP contribution in [0.5, 0.6) is 11.5 Å². The molecule has 1 rings (SSSR count). The first-order chi connectivity index (χ1) is 7.17. The number of halogens is 1. The Morgan fingerprint density at radius 2 is 2.33 bits per heavy atom. The molecule has 0 saturated carbocycles. The molecule has 0 fully saturated rings. The molecule has 0 spiro atoms. The minimum atomic E-state index is -0.0923. The summed E-state index contributed by atoms with van der Waals surface area (Å²) in [6, 6.07) is 5.01.